The highest BCUT2D eigenvalue weighted by Gasteiger charge is 2.10. The third-order valence-corrected chi connectivity index (χ3v) is 2.84. The van der Waals surface area contributed by atoms with Gasteiger partial charge in [-0.1, -0.05) is 0 Å². The van der Waals surface area contributed by atoms with Crippen LogP contribution in [0.2, 0.25) is 0 Å². The Balaban J connectivity index is 2.08. The Kier molecular flexibility index (Phi) is 3.88. The van der Waals surface area contributed by atoms with Crippen molar-refractivity contribution in [2.24, 2.45) is 7.05 Å². The second-order valence-corrected chi connectivity index (χ2v) is 4.35. The van der Waals surface area contributed by atoms with Gasteiger partial charge in [-0.15, -0.1) is 0 Å². The monoisotopic (exact) mass is 277 g/mol. The van der Waals surface area contributed by atoms with Crippen LogP contribution in [-0.2, 0) is 11.8 Å². The van der Waals surface area contributed by atoms with E-state index >= 15 is 0 Å². The molecule has 1 aromatic carbocycles. The van der Waals surface area contributed by atoms with Gasteiger partial charge in [0.2, 0.25) is 5.91 Å². The fraction of sp³-hybridized carbons (Fsp3) is 0.308. The zero-order valence-electron chi connectivity index (χ0n) is 11.2. The number of carbonyl (C=O) groups is 2. The van der Waals surface area contributed by atoms with Gasteiger partial charge in [-0.05, 0) is 18.2 Å². The van der Waals surface area contributed by atoms with E-state index in [4.69, 9.17) is 4.42 Å². The molecule has 0 aliphatic rings. The number of nitrogens with zero attached hydrogens (tertiary/aromatic N) is 1. The lowest BCUT2D eigenvalue weighted by atomic mass is 10.2. The lowest BCUT2D eigenvalue weighted by Gasteiger charge is -2.05. The van der Waals surface area contributed by atoms with E-state index in [1.807, 2.05) is 0 Å². The SMILES string of the molecule is CC(=O)NCCNC(=O)c1ccc2oc(=O)n(C)c2c1. The second kappa shape index (κ2) is 5.60. The van der Waals surface area contributed by atoms with Gasteiger partial charge in [0.25, 0.3) is 5.91 Å². The molecule has 0 radical (unpaired) electrons. The van der Waals surface area contributed by atoms with Gasteiger partial charge in [0, 0.05) is 32.6 Å². The number of aryl methyl sites for hydroxylation is 1. The molecule has 0 atom stereocenters. The number of fused-ring (bicyclic) bond motifs is 1. The van der Waals surface area contributed by atoms with Crippen LogP contribution in [-0.4, -0.2) is 29.5 Å². The summed E-state index contributed by atoms with van der Waals surface area (Å²) in [6.07, 6.45) is 0. The molecule has 2 N–H and O–H groups in total. The fourth-order valence-electron chi connectivity index (χ4n) is 1.78. The molecule has 0 bridgehead atoms. The second-order valence-electron chi connectivity index (χ2n) is 4.35. The molecule has 0 saturated carbocycles. The van der Waals surface area contributed by atoms with Gasteiger partial charge in [-0.3, -0.25) is 14.2 Å². The van der Waals surface area contributed by atoms with Crippen molar-refractivity contribution in [3.63, 3.8) is 0 Å². The quantitative estimate of drug-likeness (QED) is 0.769. The molecule has 106 valence electrons. The number of aromatic nitrogens is 1. The topological polar surface area (TPSA) is 93.3 Å². The Morgan fingerprint density at radius 1 is 1.25 bits per heavy atom. The summed E-state index contributed by atoms with van der Waals surface area (Å²) < 4.78 is 6.32. The van der Waals surface area contributed by atoms with Crippen molar-refractivity contribution >= 4 is 22.9 Å². The van der Waals surface area contributed by atoms with Crippen molar-refractivity contribution in [3.8, 4) is 0 Å². The predicted molar refractivity (Wildman–Crippen MR) is 72.5 cm³/mol. The first-order valence-electron chi connectivity index (χ1n) is 6.11. The number of benzene rings is 1. The Bertz CT molecular complexity index is 714. The molecule has 0 spiro atoms. The van der Waals surface area contributed by atoms with E-state index in [2.05, 4.69) is 10.6 Å². The van der Waals surface area contributed by atoms with E-state index in [0.29, 0.717) is 29.8 Å². The van der Waals surface area contributed by atoms with Gasteiger partial charge in [-0.25, -0.2) is 4.79 Å². The van der Waals surface area contributed by atoms with Crippen LogP contribution in [0, 0.1) is 0 Å². The zero-order valence-corrected chi connectivity index (χ0v) is 11.2. The first kappa shape index (κ1) is 13.9. The molecule has 2 aromatic rings. The summed E-state index contributed by atoms with van der Waals surface area (Å²) >= 11 is 0. The molecule has 20 heavy (non-hydrogen) atoms. The van der Waals surface area contributed by atoms with Gasteiger partial charge >= 0.3 is 5.76 Å². The average molecular weight is 277 g/mol. The summed E-state index contributed by atoms with van der Waals surface area (Å²) in [5.41, 5.74) is 1.42. The Morgan fingerprint density at radius 3 is 2.65 bits per heavy atom. The van der Waals surface area contributed by atoms with Gasteiger partial charge in [-0.2, -0.15) is 0 Å². The minimum absolute atomic E-state index is 0.144. The lowest BCUT2D eigenvalue weighted by molar-refractivity contribution is -0.118. The highest BCUT2D eigenvalue weighted by atomic mass is 16.4. The van der Waals surface area contributed by atoms with Crippen molar-refractivity contribution in [1.82, 2.24) is 15.2 Å². The van der Waals surface area contributed by atoms with E-state index < -0.39 is 5.76 Å². The Hall–Kier alpha value is -2.57. The molecule has 7 heteroatoms. The van der Waals surface area contributed by atoms with Crippen molar-refractivity contribution in [1.29, 1.82) is 0 Å². The molecular weight excluding hydrogens is 262 g/mol. The zero-order chi connectivity index (χ0) is 14.7. The normalized spacial score (nSPS) is 10.5. The van der Waals surface area contributed by atoms with Gasteiger partial charge in [0.05, 0.1) is 5.52 Å². The molecule has 0 aliphatic carbocycles. The number of hydrogen-bond acceptors (Lipinski definition) is 4. The van der Waals surface area contributed by atoms with Gasteiger partial charge in [0.15, 0.2) is 5.58 Å². The largest absolute Gasteiger partial charge is 0.419 e. The van der Waals surface area contributed by atoms with Crippen LogP contribution in [0.5, 0.6) is 0 Å². The van der Waals surface area contributed by atoms with Crippen LogP contribution in [0.25, 0.3) is 11.1 Å². The van der Waals surface area contributed by atoms with Crippen LogP contribution in [0.15, 0.2) is 27.4 Å². The third-order valence-electron chi connectivity index (χ3n) is 2.84. The van der Waals surface area contributed by atoms with Crippen LogP contribution in [0.1, 0.15) is 17.3 Å². The predicted octanol–water partition coefficient (Wildman–Crippen LogP) is -0.00260. The van der Waals surface area contributed by atoms with Crippen molar-refractivity contribution in [2.45, 2.75) is 6.92 Å². The minimum atomic E-state index is -0.469. The Morgan fingerprint density at radius 2 is 1.95 bits per heavy atom. The standard InChI is InChI=1S/C13H15N3O4/c1-8(17)14-5-6-15-12(18)9-3-4-11-10(7-9)16(2)13(19)20-11/h3-4,7H,5-6H2,1-2H3,(H,14,17)(H,15,18). The highest BCUT2D eigenvalue weighted by molar-refractivity contribution is 5.97. The first-order chi connectivity index (χ1) is 9.49. The molecule has 7 nitrogen and oxygen atoms in total. The van der Waals surface area contributed by atoms with E-state index in [0.717, 1.165) is 0 Å². The van der Waals surface area contributed by atoms with Gasteiger partial charge < -0.3 is 15.1 Å². The maximum Gasteiger partial charge on any atom is 0.419 e. The lowest BCUT2D eigenvalue weighted by Crippen LogP contribution is -2.33. The summed E-state index contributed by atoms with van der Waals surface area (Å²) in [6.45, 7) is 2.11. The number of rotatable bonds is 4. The molecule has 0 unspecified atom stereocenters. The van der Waals surface area contributed by atoms with Crippen molar-refractivity contribution in [3.05, 3.63) is 34.3 Å². The molecule has 1 aromatic heterocycles. The minimum Gasteiger partial charge on any atom is -0.408 e. The van der Waals surface area contributed by atoms with E-state index in [-0.39, 0.29) is 11.8 Å². The summed E-state index contributed by atoms with van der Waals surface area (Å²) in [5, 5.41) is 5.25. The van der Waals surface area contributed by atoms with Crippen LogP contribution in [0.4, 0.5) is 0 Å². The number of nitrogens with one attached hydrogen (secondary N) is 2. The first-order valence-corrected chi connectivity index (χ1v) is 6.11. The smallest absolute Gasteiger partial charge is 0.408 e. The van der Waals surface area contributed by atoms with Crippen LogP contribution < -0.4 is 16.4 Å². The van der Waals surface area contributed by atoms with Crippen molar-refractivity contribution < 1.29 is 14.0 Å². The summed E-state index contributed by atoms with van der Waals surface area (Å²) in [5.74, 6) is -0.886. The summed E-state index contributed by atoms with van der Waals surface area (Å²) in [6, 6.07) is 4.76. The van der Waals surface area contributed by atoms with E-state index in [9.17, 15) is 14.4 Å². The molecular formula is C13H15N3O4. The molecule has 2 amide bonds. The average Bonchev–Trinajstić information content (AvgIpc) is 2.69. The number of hydrogen-bond donors (Lipinski definition) is 2. The fourth-order valence-corrected chi connectivity index (χ4v) is 1.78. The number of oxazole rings is 1. The summed E-state index contributed by atoms with van der Waals surface area (Å²) in [4.78, 5) is 33.9. The van der Waals surface area contributed by atoms with E-state index in [1.54, 1.807) is 25.2 Å². The maximum absolute atomic E-state index is 11.9. The summed E-state index contributed by atoms with van der Waals surface area (Å²) in [7, 11) is 1.58. The van der Waals surface area contributed by atoms with Crippen molar-refractivity contribution in [2.75, 3.05) is 13.1 Å². The number of amides is 2. The van der Waals surface area contributed by atoms with E-state index in [1.165, 1.54) is 11.5 Å². The molecule has 0 saturated heterocycles. The molecule has 2 rings (SSSR count). The maximum atomic E-state index is 11.9. The highest BCUT2D eigenvalue weighted by Crippen LogP contribution is 2.14. The molecule has 0 aliphatic heterocycles. The molecule has 1 heterocycles. The molecule has 0 fully saturated rings. The van der Waals surface area contributed by atoms with Crippen LogP contribution >= 0.6 is 0 Å². The Labute approximate surface area is 114 Å². The van der Waals surface area contributed by atoms with Gasteiger partial charge in [0.1, 0.15) is 0 Å². The van der Waals surface area contributed by atoms with Crippen LogP contribution in [0.3, 0.4) is 0 Å². The third kappa shape index (κ3) is 2.87. The number of carbonyl (C=O) groups excluding carboxylic acids is 2.